The standard InChI is InChI=1S/C19H21NS/c1-4-20-19(18-11-13(2)14(3)21-18)17-10-9-15-7-5-6-8-16(15)12-17/h5-12,19-20H,4H2,1-3H3. The van der Waals surface area contributed by atoms with Crippen molar-refractivity contribution in [2.45, 2.75) is 26.8 Å². The number of benzene rings is 2. The summed E-state index contributed by atoms with van der Waals surface area (Å²) in [7, 11) is 0. The van der Waals surface area contributed by atoms with Gasteiger partial charge in [-0.15, -0.1) is 11.3 Å². The molecule has 2 heteroatoms. The summed E-state index contributed by atoms with van der Waals surface area (Å²) in [6, 6.07) is 18.0. The molecule has 1 aromatic heterocycles. The number of aryl methyl sites for hydroxylation is 2. The zero-order chi connectivity index (χ0) is 14.8. The van der Waals surface area contributed by atoms with Crippen molar-refractivity contribution in [3.8, 4) is 0 Å². The van der Waals surface area contributed by atoms with Crippen LogP contribution in [-0.2, 0) is 0 Å². The van der Waals surface area contributed by atoms with Crippen molar-refractivity contribution < 1.29 is 0 Å². The number of nitrogens with one attached hydrogen (secondary N) is 1. The minimum Gasteiger partial charge on any atom is -0.306 e. The van der Waals surface area contributed by atoms with E-state index in [1.807, 2.05) is 11.3 Å². The molecule has 21 heavy (non-hydrogen) atoms. The molecule has 0 saturated carbocycles. The first-order valence-electron chi connectivity index (χ1n) is 7.48. The van der Waals surface area contributed by atoms with E-state index in [2.05, 4.69) is 74.6 Å². The number of fused-ring (bicyclic) bond motifs is 1. The second kappa shape index (κ2) is 6.00. The molecule has 0 spiro atoms. The smallest absolute Gasteiger partial charge is 0.0671 e. The van der Waals surface area contributed by atoms with Crippen molar-refractivity contribution in [1.82, 2.24) is 5.32 Å². The fraction of sp³-hybridized carbons (Fsp3) is 0.263. The first-order chi connectivity index (χ1) is 10.2. The van der Waals surface area contributed by atoms with E-state index in [0.29, 0.717) is 0 Å². The van der Waals surface area contributed by atoms with E-state index in [1.165, 1.54) is 31.7 Å². The Labute approximate surface area is 130 Å². The topological polar surface area (TPSA) is 12.0 Å². The first-order valence-corrected chi connectivity index (χ1v) is 8.29. The molecule has 3 aromatic rings. The molecule has 1 atom stereocenters. The van der Waals surface area contributed by atoms with E-state index in [1.54, 1.807) is 0 Å². The summed E-state index contributed by atoms with van der Waals surface area (Å²) in [5.74, 6) is 0. The molecule has 0 amide bonds. The number of rotatable bonds is 4. The Bertz CT molecular complexity index is 738. The summed E-state index contributed by atoms with van der Waals surface area (Å²) in [4.78, 5) is 2.82. The quantitative estimate of drug-likeness (QED) is 0.696. The highest BCUT2D eigenvalue weighted by molar-refractivity contribution is 7.12. The Morgan fingerprint density at radius 3 is 2.43 bits per heavy atom. The van der Waals surface area contributed by atoms with Gasteiger partial charge in [-0.3, -0.25) is 0 Å². The van der Waals surface area contributed by atoms with Crippen LogP contribution in [0.1, 0.15) is 33.8 Å². The molecule has 1 unspecified atom stereocenters. The van der Waals surface area contributed by atoms with Crippen molar-refractivity contribution in [2.24, 2.45) is 0 Å². The average molecular weight is 295 g/mol. The van der Waals surface area contributed by atoms with Gasteiger partial charge < -0.3 is 5.32 Å². The fourth-order valence-electron chi connectivity index (χ4n) is 2.72. The minimum absolute atomic E-state index is 0.289. The maximum absolute atomic E-state index is 3.63. The van der Waals surface area contributed by atoms with Gasteiger partial charge in [0.05, 0.1) is 6.04 Å². The molecule has 3 rings (SSSR count). The Kier molecular flexibility index (Phi) is 4.09. The summed E-state index contributed by atoms with van der Waals surface area (Å²) in [5.41, 5.74) is 2.73. The number of thiophene rings is 1. The lowest BCUT2D eigenvalue weighted by Gasteiger charge is -2.17. The maximum atomic E-state index is 3.63. The molecule has 2 aromatic carbocycles. The summed E-state index contributed by atoms with van der Waals surface area (Å²) in [6.45, 7) is 7.53. The monoisotopic (exact) mass is 295 g/mol. The van der Waals surface area contributed by atoms with Crippen LogP contribution in [0.2, 0.25) is 0 Å². The van der Waals surface area contributed by atoms with Crippen LogP contribution in [0.5, 0.6) is 0 Å². The van der Waals surface area contributed by atoms with E-state index < -0.39 is 0 Å². The molecule has 0 saturated heterocycles. The molecule has 108 valence electrons. The molecule has 0 aliphatic heterocycles. The van der Waals surface area contributed by atoms with Crippen LogP contribution in [0, 0.1) is 13.8 Å². The van der Waals surface area contributed by atoms with Crippen LogP contribution in [0.15, 0.2) is 48.5 Å². The second-order valence-electron chi connectivity index (χ2n) is 5.49. The zero-order valence-corrected chi connectivity index (χ0v) is 13.6. The van der Waals surface area contributed by atoms with Crippen molar-refractivity contribution in [3.05, 3.63) is 69.4 Å². The van der Waals surface area contributed by atoms with E-state index in [9.17, 15) is 0 Å². The highest BCUT2D eigenvalue weighted by Gasteiger charge is 2.16. The van der Waals surface area contributed by atoms with Crippen LogP contribution in [-0.4, -0.2) is 6.54 Å². The molecule has 0 aliphatic carbocycles. The average Bonchev–Trinajstić information content (AvgIpc) is 2.83. The SMILES string of the molecule is CCNC(c1ccc2ccccc2c1)c1cc(C)c(C)s1. The van der Waals surface area contributed by atoms with Crippen molar-refractivity contribution in [3.63, 3.8) is 0 Å². The number of hydrogen-bond donors (Lipinski definition) is 1. The Hall–Kier alpha value is -1.64. The second-order valence-corrected chi connectivity index (χ2v) is 6.77. The van der Waals surface area contributed by atoms with E-state index in [-0.39, 0.29) is 6.04 Å². The molecule has 0 aliphatic rings. The van der Waals surface area contributed by atoms with Crippen molar-refractivity contribution in [2.75, 3.05) is 6.54 Å². The van der Waals surface area contributed by atoms with Gasteiger partial charge in [0, 0.05) is 9.75 Å². The fourth-order valence-corrected chi connectivity index (χ4v) is 3.86. The lowest BCUT2D eigenvalue weighted by molar-refractivity contribution is 0.640. The van der Waals surface area contributed by atoms with Gasteiger partial charge in [0.1, 0.15) is 0 Å². The predicted octanol–water partition coefficient (Wildman–Crippen LogP) is 5.22. The van der Waals surface area contributed by atoms with E-state index >= 15 is 0 Å². The third-order valence-electron chi connectivity index (χ3n) is 3.98. The normalized spacial score (nSPS) is 12.7. The van der Waals surface area contributed by atoms with Crippen molar-refractivity contribution >= 4 is 22.1 Å². The third-order valence-corrected chi connectivity index (χ3v) is 5.20. The Morgan fingerprint density at radius 2 is 1.76 bits per heavy atom. The van der Waals surface area contributed by atoms with Crippen LogP contribution in [0.4, 0.5) is 0 Å². The molecular weight excluding hydrogens is 274 g/mol. The lowest BCUT2D eigenvalue weighted by Crippen LogP contribution is -2.21. The van der Waals surface area contributed by atoms with Gasteiger partial charge in [0.15, 0.2) is 0 Å². The zero-order valence-electron chi connectivity index (χ0n) is 12.8. The third kappa shape index (κ3) is 2.87. The largest absolute Gasteiger partial charge is 0.306 e. The molecule has 0 bridgehead atoms. The molecule has 1 nitrogen and oxygen atoms in total. The summed E-state index contributed by atoms with van der Waals surface area (Å²) >= 11 is 1.90. The van der Waals surface area contributed by atoms with Crippen LogP contribution in [0.25, 0.3) is 10.8 Å². The summed E-state index contributed by atoms with van der Waals surface area (Å²) in [5, 5.41) is 6.24. The van der Waals surface area contributed by atoms with Crippen molar-refractivity contribution in [1.29, 1.82) is 0 Å². The summed E-state index contributed by atoms with van der Waals surface area (Å²) < 4.78 is 0. The minimum atomic E-state index is 0.289. The van der Waals surface area contributed by atoms with Gasteiger partial charge in [-0.25, -0.2) is 0 Å². The van der Waals surface area contributed by atoms with Gasteiger partial charge >= 0.3 is 0 Å². The molecule has 0 fully saturated rings. The van der Waals surface area contributed by atoms with Gasteiger partial charge in [-0.1, -0.05) is 43.3 Å². The molecule has 1 heterocycles. The van der Waals surface area contributed by atoms with Gasteiger partial charge in [-0.05, 0) is 54.4 Å². The van der Waals surface area contributed by atoms with Crippen LogP contribution in [0.3, 0.4) is 0 Å². The maximum Gasteiger partial charge on any atom is 0.0671 e. The van der Waals surface area contributed by atoms with Crippen LogP contribution >= 0.6 is 11.3 Å². The molecule has 0 radical (unpaired) electrons. The number of hydrogen-bond acceptors (Lipinski definition) is 2. The van der Waals surface area contributed by atoms with Gasteiger partial charge in [0.2, 0.25) is 0 Å². The predicted molar refractivity (Wildman–Crippen MR) is 93.3 cm³/mol. The Balaban J connectivity index is 2.06. The van der Waals surface area contributed by atoms with Crippen LogP contribution < -0.4 is 5.32 Å². The molecular formula is C19H21NS. The highest BCUT2D eigenvalue weighted by Crippen LogP contribution is 2.32. The molecule has 1 N–H and O–H groups in total. The van der Waals surface area contributed by atoms with Gasteiger partial charge in [-0.2, -0.15) is 0 Å². The first kappa shape index (κ1) is 14.3. The lowest BCUT2D eigenvalue weighted by atomic mass is 10.0. The van der Waals surface area contributed by atoms with E-state index in [0.717, 1.165) is 6.54 Å². The highest BCUT2D eigenvalue weighted by atomic mass is 32.1. The van der Waals surface area contributed by atoms with E-state index in [4.69, 9.17) is 0 Å². The Morgan fingerprint density at radius 1 is 1.00 bits per heavy atom. The van der Waals surface area contributed by atoms with Gasteiger partial charge in [0.25, 0.3) is 0 Å². The summed E-state index contributed by atoms with van der Waals surface area (Å²) in [6.07, 6.45) is 0.